The quantitative estimate of drug-likeness (QED) is 0.789. The molecule has 3 rings (SSSR count). The number of sulfonamides is 1. The molecule has 0 radical (unpaired) electrons. The smallest absolute Gasteiger partial charge is 0.261 e. The Morgan fingerprint density at radius 1 is 1.12 bits per heavy atom. The Morgan fingerprint density at radius 2 is 1.88 bits per heavy atom. The summed E-state index contributed by atoms with van der Waals surface area (Å²) in [4.78, 5) is 4.60. The molecular formula is C17H19N3O3S. The van der Waals surface area contributed by atoms with E-state index in [0.29, 0.717) is 11.4 Å². The van der Waals surface area contributed by atoms with Crippen molar-refractivity contribution in [2.45, 2.75) is 25.7 Å². The molecule has 24 heavy (non-hydrogen) atoms. The number of aromatic nitrogens is 2. The number of aryl methyl sites for hydroxylation is 3. The fourth-order valence-electron chi connectivity index (χ4n) is 2.57. The van der Waals surface area contributed by atoms with Crippen LogP contribution in [0.2, 0.25) is 0 Å². The molecule has 0 amide bonds. The SMILES string of the molecule is COc1ccc(S(=O)(=O)Nc2ccc3nc(C)c(C)n3c2)cc1C. The van der Waals surface area contributed by atoms with E-state index in [9.17, 15) is 8.42 Å². The van der Waals surface area contributed by atoms with Crippen molar-refractivity contribution in [2.75, 3.05) is 11.8 Å². The maximum absolute atomic E-state index is 12.6. The highest BCUT2D eigenvalue weighted by Gasteiger charge is 2.16. The van der Waals surface area contributed by atoms with Crippen LogP contribution in [0.1, 0.15) is 17.0 Å². The zero-order valence-electron chi connectivity index (χ0n) is 14.0. The number of benzene rings is 1. The van der Waals surface area contributed by atoms with Crippen LogP contribution in [-0.4, -0.2) is 24.9 Å². The monoisotopic (exact) mass is 345 g/mol. The van der Waals surface area contributed by atoms with Crippen LogP contribution in [0.15, 0.2) is 41.4 Å². The first-order valence-corrected chi connectivity index (χ1v) is 8.93. The molecule has 1 aromatic carbocycles. The van der Waals surface area contributed by atoms with E-state index in [1.165, 1.54) is 6.07 Å². The summed E-state index contributed by atoms with van der Waals surface area (Å²) < 4.78 is 34.9. The van der Waals surface area contributed by atoms with Crippen molar-refractivity contribution in [3.05, 3.63) is 53.5 Å². The number of rotatable bonds is 4. The van der Waals surface area contributed by atoms with E-state index in [-0.39, 0.29) is 4.90 Å². The lowest BCUT2D eigenvalue weighted by Crippen LogP contribution is -2.13. The molecular weight excluding hydrogens is 326 g/mol. The Balaban J connectivity index is 1.97. The van der Waals surface area contributed by atoms with Crippen LogP contribution in [0.25, 0.3) is 5.65 Å². The zero-order chi connectivity index (χ0) is 17.5. The number of hydrogen-bond donors (Lipinski definition) is 1. The predicted octanol–water partition coefficient (Wildman–Crippen LogP) is 3.07. The van der Waals surface area contributed by atoms with Crippen LogP contribution >= 0.6 is 0 Å². The molecule has 2 aromatic heterocycles. The third kappa shape index (κ3) is 2.82. The predicted molar refractivity (Wildman–Crippen MR) is 93.2 cm³/mol. The summed E-state index contributed by atoms with van der Waals surface area (Å²) in [7, 11) is -2.12. The van der Waals surface area contributed by atoms with E-state index >= 15 is 0 Å². The summed E-state index contributed by atoms with van der Waals surface area (Å²) in [6.07, 6.45) is 1.73. The maximum atomic E-state index is 12.6. The minimum atomic E-state index is -3.67. The van der Waals surface area contributed by atoms with Gasteiger partial charge in [-0.2, -0.15) is 0 Å². The average molecular weight is 345 g/mol. The molecule has 0 saturated carbocycles. The van der Waals surface area contributed by atoms with Crippen molar-refractivity contribution >= 4 is 21.4 Å². The Bertz CT molecular complexity index is 1020. The second-order valence-electron chi connectivity index (χ2n) is 5.67. The van der Waals surface area contributed by atoms with E-state index in [4.69, 9.17) is 4.74 Å². The van der Waals surface area contributed by atoms with Crippen molar-refractivity contribution in [1.29, 1.82) is 0 Å². The Hall–Kier alpha value is -2.54. The molecule has 0 bridgehead atoms. The summed E-state index contributed by atoms with van der Waals surface area (Å²) in [6.45, 7) is 5.67. The number of imidazole rings is 1. The van der Waals surface area contributed by atoms with Crippen molar-refractivity contribution < 1.29 is 13.2 Å². The van der Waals surface area contributed by atoms with Gasteiger partial charge in [0.2, 0.25) is 0 Å². The van der Waals surface area contributed by atoms with E-state index in [0.717, 1.165) is 22.6 Å². The summed E-state index contributed by atoms with van der Waals surface area (Å²) in [6, 6.07) is 8.26. The first-order valence-electron chi connectivity index (χ1n) is 7.44. The highest BCUT2D eigenvalue weighted by Crippen LogP contribution is 2.23. The van der Waals surface area contributed by atoms with Crippen molar-refractivity contribution in [3.63, 3.8) is 0 Å². The Labute approximate surface area is 141 Å². The number of fused-ring (bicyclic) bond motifs is 1. The lowest BCUT2D eigenvalue weighted by Gasteiger charge is -2.11. The molecule has 1 N–H and O–H groups in total. The summed E-state index contributed by atoms with van der Waals surface area (Å²) in [5.74, 6) is 0.653. The van der Waals surface area contributed by atoms with Gasteiger partial charge in [0, 0.05) is 11.9 Å². The van der Waals surface area contributed by atoms with Gasteiger partial charge in [0.1, 0.15) is 11.4 Å². The minimum Gasteiger partial charge on any atom is -0.496 e. The second-order valence-corrected chi connectivity index (χ2v) is 7.35. The third-order valence-electron chi connectivity index (χ3n) is 4.02. The highest BCUT2D eigenvalue weighted by atomic mass is 32.2. The first kappa shape index (κ1) is 16.3. The molecule has 0 spiro atoms. The van der Waals surface area contributed by atoms with Gasteiger partial charge in [0.25, 0.3) is 10.0 Å². The normalized spacial score (nSPS) is 11.7. The molecule has 0 fully saturated rings. The van der Waals surface area contributed by atoms with E-state index in [1.54, 1.807) is 37.6 Å². The van der Waals surface area contributed by atoms with Gasteiger partial charge in [-0.15, -0.1) is 0 Å². The fraction of sp³-hybridized carbons (Fsp3) is 0.235. The van der Waals surface area contributed by atoms with Crippen LogP contribution in [0, 0.1) is 20.8 Å². The van der Waals surface area contributed by atoms with Gasteiger partial charge in [-0.1, -0.05) is 0 Å². The van der Waals surface area contributed by atoms with Crippen molar-refractivity contribution in [3.8, 4) is 5.75 Å². The van der Waals surface area contributed by atoms with Crippen molar-refractivity contribution in [1.82, 2.24) is 9.38 Å². The summed E-state index contributed by atoms with van der Waals surface area (Å²) in [5, 5.41) is 0. The lowest BCUT2D eigenvalue weighted by atomic mass is 10.2. The number of nitrogens with one attached hydrogen (secondary N) is 1. The fourth-order valence-corrected chi connectivity index (χ4v) is 3.70. The van der Waals surface area contributed by atoms with E-state index in [2.05, 4.69) is 9.71 Å². The standard InChI is InChI=1S/C17H19N3O3S/c1-11-9-15(6-7-16(11)23-4)24(21,22)19-14-5-8-17-18-12(2)13(3)20(17)10-14/h5-10,19H,1-4H3. The van der Waals surface area contributed by atoms with Crippen LogP contribution < -0.4 is 9.46 Å². The molecule has 0 atom stereocenters. The van der Waals surface area contributed by atoms with Crippen molar-refractivity contribution in [2.24, 2.45) is 0 Å². The van der Waals surface area contributed by atoms with Gasteiger partial charge in [0.05, 0.1) is 23.4 Å². The number of ether oxygens (including phenoxy) is 1. The minimum absolute atomic E-state index is 0.194. The molecule has 3 aromatic rings. The number of pyridine rings is 1. The van der Waals surface area contributed by atoms with Gasteiger partial charge in [-0.25, -0.2) is 13.4 Å². The van der Waals surface area contributed by atoms with E-state index in [1.807, 2.05) is 25.2 Å². The van der Waals surface area contributed by atoms with Crippen LogP contribution in [0.5, 0.6) is 5.75 Å². The first-order chi connectivity index (χ1) is 11.3. The van der Waals surface area contributed by atoms with E-state index < -0.39 is 10.0 Å². The number of methoxy groups -OCH3 is 1. The number of anilines is 1. The van der Waals surface area contributed by atoms with Crippen LogP contribution in [0.4, 0.5) is 5.69 Å². The maximum Gasteiger partial charge on any atom is 0.261 e. The van der Waals surface area contributed by atoms with Crippen LogP contribution in [-0.2, 0) is 10.0 Å². The number of hydrogen-bond acceptors (Lipinski definition) is 4. The Morgan fingerprint density at radius 3 is 2.54 bits per heavy atom. The summed E-state index contributed by atoms with van der Waals surface area (Å²) in [5.41, 5.74) is 3.92. The molecule has 0 aliphatic carbocycles. The highest BCUT2D eigenvalue weighted by molar-refractivity contribution is 7.92. The largest absolute Gasteiger partial charge is 0.496 e. The van der Waals surface area contributed by atoms with Gasteiger partial charge < -0.3 is 9.14 Å². The average Bonchev–Trinajstić information content (AvgIpc) is 2.82. The van der Waals surface area contributed by atoms with Gasteiger partial charge in [-0.3, -0.25) is 4.72 Å². The molecule has 0 aliphatic rings. The second kappa shape index (κ2) is 5.83. The molecule has 0 unspecified atom stereocenters. The molecule has 6 nitrogen and oxygen atoms in total. The van der Waals surface area contributed by atoms with Gasteiger partial charge >= 0.3 is 0 Å². The van der Waals surface area contributed by atoms with Gasteiger partial charge in [0.15, 0.2) is 0 Å². The Kier molecular flexibility index (Phi) is 3.96. The summed E-state index contributed by atoms with van der Waals surface area (Å²) >= 11 is 0. The molecule has 7 heteroatoms. The molecule has 0 saturated heterocycles. The lowest BCUT2D eigenvalue weighted by molar-refractivity contribution is 0.411. The molecule has 2 heterocycles. The zero-order valence-corrected chi connectivity index (χ0v) is 14.8. The van der Waals surface area contributed by atoms with Gasteiger partial charge in [-0.05, 0) is 56.7 Å². The topological polar surface area (TPSA) is 72.7 Å². The molecule has 126 valence electrons. The third-order valence-corrected chi connectivity index (χ3v) is 5.40. The molecule has 0 aliphatic heterocycles. The number of nitrogens with zero attached hydrogens (tertiary/aromatic N) is 2. The van der Waals surface area contributed by atoms with Crippen LogP contribution in [0.3, 0.4) is 0 Å².